The molecule has 1 atom stereocenters. The van der Waals surface area contributed by atoms with Crippen molar-refractivity contribution in [1.82, 2.24) is 30.7 Å². The first-order valence-electron chi connectivity index (χ1n) is 20.3. The zero-order valence-electron chi connectivity index (χ0n) is 34.1. The van der Waals surface area contributed by atoms with Crippen molar-refractivity contribution in [3.8, 4) is 33.9 Å². The third kappa shape index (κ3) is 9.92. The van der Waals surface area contributed by atoms with E-state index in [1.54, 1.807) is 6.07 Å². The third-order valence-electron chi connectivity index (χ3n) is 11.1. The number of anilines is 1. The molecule has 7 rings (SSSR count). The predicted octanol–water partition coefficient (Wildman–Crippen LogP) is 5.33. The topological polar surface area (TPSA) is 192 Å². The number of hydrogen-bond acceptors (Lipinski definition) is 13. The van der Waals surface area contributed by atoms with E-state index in [0.717, 1.165) is 43.6 Å². The number of esters is 1. The summed E-state index contributed by atoms with van der Waals surface area (Å²) in [5.74, 6) is -0.814. The normalized spacial score (nSPS) is 15.4. The van der Waals surface area contributed by atoms with Crippen molar-refractivity contribution in [1.29, 1.82) is 0 Å². The van der Waals surface area contributed by atoms with E-state index < -0.39 is 23.8 Å². The van der Waals surface area contributed by atoms with Crippen LogP contribution >= 0.6 is 0 Å². The number of phenolic OH excluding ortho intramolecular Hbond substituents is 2. The van der Waals surface area contributed by atoms with Gasteiger partial charge in [-0.1, -0.05) is 73.6 Å². The van der Waals surface area contributed by atoms with Gasteiger partial charge < -0.3 is 39.7 Å². The van der Waals surface area contributed by atoms with Crippen molar-refractivity contribution in [3.63, 3.8) is 0 Å². The van der Waals surface area contributed by atoms with Crippen molar-refractivity contribution in [2.45, 2.75) is 51.6 Å². The van der Waals surface area contributed by atoms with E-state index in [9.17, 15) is 24.6 Å². The standard InChI is InChI=1S/C45H51N7O8/c1-28(2)34-22-35(38(54)23-37(34)53)41-39(32-11-9-31(10-12-32)27-51-17-19-59-20-18-51)40(50-60-41)43(56)46-24-30-13-15-52(16-14-30)45-47-25-33(26-48-45)42(55)49-36(44(57)58-3)21-29-7-5-4-6-8-29/h4-12,22-23,25-26,28,30,36,53-54H,13-21,24,27H2,1-3H3,(H,46,56)(H,49,55)/t36-/m1/s1. The molecule has 2 aliphatic rings. The molecule has 0 spiro atoms. The molecule has 60 heavy (non-hydrogen) atoms. The lowest BCUT2D eigenvalue weighted by Gasteiger charge is -2.32. The molecule has 0 bridgehead atoms. The molecule has 15 heteroatoms. The Morgan fingerprint density at radius 2 is 1.58 bits per heavy atom. The van der Waals surface area contributed by atoms with Gasteiger partial charge in [0.15, 0.2) is 11.5 Å². The number of hydrogen-bond donors (Lipinski definition) is 4. The van der Waals surface area contributed by atoms with E-state index in [2.05, 4.69) is 30.7 Å². The molecule has 4 N–H and O–H groups in total. The second-order valence-corrected chi connectivity index (χ2v) is 15.6. The van der Waals surface area contributed by atoms with Gasteiger partial charge >= 0.3 is 5.97 Å². The number of morpholine rings is 1. The molecule has 0 radical (unpaired) electrons. The van der Waals surface area contributed by atoms with Crippen LogP contribution in [0, 0.1) is 5.92 Å². The molecule has 0 unspecified atom stereocenters. The molecule has 2 aromatic heterocycles. The summed E-state index contributed by atoms with van der Waals surface area (Å²) in [5.41, 5.74) is 4.41. The first kappa shape index (κ1) is 41.8. The Morgan fingerprint density at radius 1 is 0.883 bits per heavy atom. The summed E-state index contributed by atoms with van der Waals surface area (Å²) in [7, 11) is 1.28. The Bertz CT molecular complexity index is 2250. The minimum absolute atomic E-state index is 0.0277. The van der Waals surface area contributed by atoms with E-state index in [1.807, 2.05) is 73.3 Å². The highest BCUT2D eigenvalue weighted by atomic mass is 16.5. The van der Waals surface area contributed by atoms with Crippen molar-refractivity contribution >= 4 is 23.7 Å². The van der Waals surface area contributed by atoms with Gasteiger partial charge in [-0.25, -0.2) is 14.8 Å². The molecule has 2 saturated heterocycles. The number of phenols is 2. The lowest BCUT2D eigenvalue weighted by molar-refractivity contribution is -0.142. The lowest BCUT2D eigenvalue weighted by atomic mass is 9.93. The largest absolute Gasteiger partial charge is 0.508 e. The second kappa shape index (κ2) is 19.2. The molecule has 0 aliphatic carbocycles. The highest BCUT2D eigenvalue weighted by Gasteiger charge is 2.29. The fourth-order valence-corrected chi connectivity index (χ4v) is 7.62. The zero-order chi connectivity index (χ0) is 42.2. The third-order valence-corrected chi connectivity index (χ3v) is 11.1. The minimum atomic E-state index is -0.870. The number of benzene rings is 3. The second-order valence-electron chi connectivity index (χ2n) is 15.6. The maximum Gasteiger partial charge on any atom is 0.328 e. The van der Waals surface area contributed by atoms with Gasteiger partial charge in [0.1, 0.15) is 17.5 Å². The number of methoxy groups -OCH3 is 1. The molecule has 2 aliphatic heterocycles. The first-order valence-corrected chi connectivity index (χ1v) is 20.3. The molecular formula is C45H51N7O8. The summed E-state index contributed by atoms with van der Waals surface area (Å²) < 4.78 is 16.3. The first-order chi connectivity index (χ1) is 29.1. The number of rotatable bonds is 14. The van der Waals surface area contributed by atoms with Gasteiger partial charge in [0.05, 0.1) is 37.0 Å². The summed E-state index contributed by atoms with van der Waals surface area (Å²) in [6.07, 6.45) is 4.69. The molecule has 2 amide bonds. The van der Waals surface area contributed by atoms with Crippen LogP contribution in [0.1, 0.15) is 70.1 Å². The number of aromatic hydroxyl groups is 2. The summed E-state index contributed by atoms with van der Waals surface area (Å²) >= 11 is 0. The number of carbonyl (C=O) groups is 3. The molecule has 4 heterocycles. The van der Waals surface area contributed by atoms with Crippen molar-refractivity contribution in [3.05, 3.63) is 107 Å². The van der Waals surface area contributed by atoms with Gasteiger partial charge in [-0.3, -0.25) is 14.5 Å². The van der Waals surface area contributed by atoms with Crippen LogP contribution in [0.4, 0.5) is 5.95 Å². The number of aromatic nitrogens is 3. The summed E-state index contributed by atoms with van der Waals surface area (Å²) in [5, 5.41) is 31.6. The summed E-state index contributed by atoms with van der Waals surface area (Å²) in [4.78, 5) is 52.7. The van der Waals surface area contributed by atoms with Gasteiger partial charge in [-0.05, 0) is 53.0 Å². The van der Waals surface area contributed by atoms with Crippen LogP contribution in [0.15, 0.2) is 83.6 Å². The van der Waals surface area contributed by atoms with Crippen LogP contribution < -0.4 is 15.5 Å². The number of piperidine rings is 1. The summed E-state index contributed by atoms with van der Waals surface area (Å²) in [6.45, 7) is 9.46. The van der Waals surface area contributed by atoms with E-state index in [4.69, 9.17) is 14.0 Å². The van der Waals surface area contributed by atoms with Gasteiger partial charge in [-0.2, -0.15) is 0 Å². The maximum atomic E-state index is 13.9. The molecule has 5 aromatic rings. The number of carbonyl (C=O) groups excluding carboxylic acids is 3. The van der Waals surface area contributed by atoms with Crippen molar-refractivity contribution in [2.24, 2.45) is 5.92 Å². The van der Waals surface area contributed by atoms with Crippen LogP contribution in [0.2, 0.25) is 0 Å². The van der Waals surface area contributed by atoms with Gasteiger partial charge in [0.25, 0.3) is 11.8 Å². The molecule has 0 saturated carbocycles. The van der Waals surface area contributed by atoms with Gasteiger partial charge in [-0.15, -0.1) is 0 Å². The Hall–Kier alpha value is -6.32. The minimum Gasteiger partial charge on any atom is -0.508 e. The van der Waals surface area contributed by atoms with Crippen LogP contribution in [0.25, 0.3) is 22.5 Å². The quantitative estimate of drug-likeness (QED) is 0.105. The molecular weight excluding hydrogens is 767 g/mol. The van der Waals surface area contributed by atoms with Crippen molar-refractivity contribution in [2.75, 3.05) is 57.9 Å². The summed E-state index contributed by atoms with van der Waals surface area (Å²) in [6, 6.07) is 19.4. The Morgan fingerprint density at radius 3 is 2.25 bits per heavy atom. The number of nitrogens with zero attached hydrogens (tertiary/aromatic N) is 5. The fourth-order valence-electron chi connectivity index (χ4n) is 7.62. The monoisotopic (exact) mass is 817 g/mol. The Kier molecular flexibility index (Phi) is 13.4. The average molecular weight is 818 g/mol. The van der Waals surface area contributed by atoms with E-state index in [1.165, 1.54) is 25.6 Å². The molecule has 15 nitrogen and oxygen atoms in total. The fraction of sp³-hybridized carbons (Fsp3) is 0.378. The van der Waals surface area contributed by atoms with E-state index >= 15 is 0 Å². The van der Waals surface area contributed by atoms with E-state index in [0.29, 0.717) is 61.1 Å². The predicted molar refractivity (Wildman–Crippen MR) is 224 cm³/mol. The Balaban J connectivity index is 0.996. The van der Waals surface area contributed by atoms with Crippen LogP contribution in [-0.2, 0) is 27.2 Å². The van der Waals surface area contributed by atoms with Gasteiger partial charge in [0, 0.05) is 64.1 Å². The average Bonchev–Trinajstić information content (AvgIpc) is 3.71. The van der Waals surface area contributed by atoms with Gasteiger partial charge in [0.2, 0.25) is 5.95 Å². The maximum absolute atomic E-state index is 13.9. The number of ether oxygens (including phenoxy) is 2. The molecule has 314 valence electrons. The lowest BCUT2D eigenvalue weighted by Crippen LogP contribution is -2.43. The van der Waals surface area contributed by atoms with Crippen molar-refractivity contribution < 1.29 is 38.6 Å². The smallest absolute Gasteiger partial charge is 0.328 e. The van der Waals surface area contributed by atoms with E-state index in [-0.39, 0.29) is 46.8 Å². The zero-order valence-corrected chi connectivity index (χ0v) is 34.1. The van der Waals surface area contributed by atoms with Crippen LogP contribution in [0.5, 0.6) is 11.5 Å². The SMILES string of the molecule is COC(=O)[C@@H](Cc1ccccc1)NC(=O)c1cnc(N2CCC(CNC(=O)c3noc(-c4cc(C(C)C)c(O)cc4O)c3-c3ccc(CN4CCOCC4)cc3)CC2)nc1. The molecule has 3 aromatic carbocycles. The van der Waals surface area contributed by atoms with Crippen LogP contribution in [-0.4, -0.2) is 107 Å². The highest BCUT2D eigenvalue weighted by Crippen LogP contribution is 2.43. The number of amides is 2. The number of nitrogens with one attached hydrogen (secondary N) is 2. The highest BCUT2D eigenvalue weighted by molar-refractivity contribution is 6.02. The van der Waals surface area contributed by atoms with Crippen LogP contribution in [0.3, 0.4) is 0 Å². The Labute approximate surface area is 348 Å². The molecule has 2 fully saturated rings.